The van der Waals surface area contributed by atoms with Crippen LogP contribution in [0.5, 0.6) is 0 Å². The average Bonchev–Trinajstić information content (AvgIpc) is 2.37. The number of ether oxygens (including phenoxy) is 1. The molecule has 0 fully saturated rings. The third-order valence-corrected chi connectivity index (χ3v) is 3.58. The van der Waals surface area contributed by atoms with Crippen molar-refractivity contribution >= 4 is 0 Å². The predicted molar refractivity (Wildman–Crippen MR) is 82.5 cm³/mol. The van der Waals surface area contributed by atoms with Crippen LogP contribution >= 0.6 is 0 Å². The highest BCUT2D eigenvalue weighted by Crippen LogP contribution is 2.32. The Morgan fingerprint density at radius 3 is 2.05 bits per heavy atom. The summed E-state index contributed by atoms with van der Waals surface area (Å²) in [5, 5.41) is 3.57. The molecule has 0 aliphatic rings. The fraction of sp³-hybridized carbons (Fsp3) is 0.647. The molecule has 2 heteroatoms. The molecule has 2 unspecified atom stereocenters. The van der Waals surface area contributed by atoms with E-state index in [0.717, 1.165) is 13.0 Å². The largest absolute Gasteiger partial charge is 0.379 e. The zero-order valence-electron chi connectivity index (χ0n) is 13.3. The van der Waals surface area contributed by atoms with E-state index < -0.39 is 0 Å². The number of nitrogens with one attached hydrogen (secondary N) is 1. The molecule has 0 saturated carbocycles. The van der Waals surface area contributed by atoms with Gasteiger partial charge in [-0.1, -0.05) is 58.9 Å². The molecule has 0 aliphatic carbocycles. The van der Waals surface area contributed by atoms with Crippen LogP contribution in [0.15, 0.2) is 24.3 Å². The van der Waals surface area contributed by atoms with Crippen LogP contribution in [0.3, 0.4) is 0 Å². The molecule has 1 aromatic rings. The summed E-state index contributed by atoms with van der Waals surface area (Å²) in [6.07, 6.45) is 1.24. The van der Waals surface area contributed by atoms with Gasteiger partial charge in [-0.05, 0) is 29.5 Å². The average molecular weight is 263 g/mol. The van der Waals surface area contributed by atoms with Crippen LogP contribution in [-0.4, -0.2) is 19.8 Å². The van der Waals surface area contributed by atoms with E-state index >= 15 is 0 Å². The van der Waals surface area contributed by atoms with E-state index in [4.69, 9.17) is 4.74 Å². The van der Waals surface area contributed by atoms with Crippen molar-refractivity contribution in [2.75, 3.05) is 13.7 Å². The molecule has 0 bridgehead atoms. The summed E-state index contributed by atoms with van der Waals surface area (Å²) in [5.74, 6) is 0. The van der Waals surface area contributed by atoms with Gasteiger partial charge in [0.15, 0.2) is 0 Å². The van der Waals surface area contributed by atoms with Gasteiger partial charge in [-0.25, -0.2) is 0 Å². The summed E-state index contributed by atoms with van der Waals surface area (Å²) in [6, 6.07) is 9.12. The minimum absolute atomic E-state index is 0.102. The smallest absolute Gasteiger partial charge is 0.0814 e. The minimum atomic E-state index is 0.102. The first kappa shape index (κ1) is 16.2. The predicted octanol–water partition coefficient (Wildman–Crippen LogP) is 3.96. The molecule has 0 aromatic heterocycles. The highest BCUT2D eigenvalue weighted by molar-refractivity contribution is 5.26. The van der Waals surface area contributed by atoms with Crippen LogP contribution in [-0.2, 0) is 11.2 Å². The number of methoxy groups -OCH3 is 1. The molecule has 1 N–H and O–H groups in total. The van der Waals surface area contributed by atoms with Crippen molar-refractivity contribution in [3.8, 4) is 0 Å². The van der Waals surface area contributed by atoms with Crippen LogP contribution in [0.2, 0.25) is 0 Å². The Morgan fingerprint density at radius 1 is 1.11 bits per heavy atom. The van der Waals surface area contributed by atoms with Crippen molar-refractivity contribution in [2.24, 2.45) is 5.41 Å². The normalized spacial score (nSPS) is 15.3. The van der Waals surface area contributed by atoms with Gasteiger partial charge >= 0.3 is 0 Å². The van der Waals surface area contributed by atoms with Crippen LogP contribution in [0.1, 0.15) is 51.8 Å². The van der Waals surface area contributed by atoms with Crippen molar-refractivity contribution in [1.29, 1.82) is 0 Å². The highest BCUT2D eigenvalue weighted by Gasteiger charge is 2.32. The molecule has 0 saturated heterocycles. The van der Waals surface area contributed by atoms with E-state index in [1.54, 1.807) is 7.11 Å². The van der Waals surface area contributed by atoms with E-state index in [1.807, 2.05) is 0 Å². The molecule has 2 atom stereocenters. The Labute approximate surface area is 118 Å². The maximum Gasteiger partial charge on any atom is 0.0814 e. The van der Waals surface area contributed by atoms with E-state index in [0.29, 0.717) is 0 Å². The third kappa shape index (κ3) is 4.32. The topological polar surface area (TPSA) is 21.3 Å². The van der Waals surface area contributed by atoms with E-state index in [2.05, 4.69) is 64.2 Å². The summed E-state index contributed by atoms with van der Waals surface area (Å²) >= 11 is 0. The van der Waals surface area contributed by atoms with Crippen LogP contribution in [0, 0.1) is 5.41 Å². The van der Waals surface area contributed by atoms with Gasteiger partial charge in [0.2, 0.25) is 0 Å². The number of aryl methyl sites for hydroxylation is 1. The summed E-state index contributed by atoms with van der Waals surface area (Å²) < 4.78 is 5.78. The second-order valence-electron chi connectivity index (χ2n) is 6.15. The first-order valence-electron chi connectivity index (χ1n) is 7.29. The number of benzene rings is 1. The molecule has 0 aliphatic heterocycles. The molecule has 19 heavy (non-hydrogen) atoms. The molecular formula is C17H29NO. The molecule has 2 nitrogen and oxygen atoms in total. The third-order valence-electron chi connectivity index (χ3n) is 3.58. The fourth-order valence-electron chi connectivity index (χ4n) is 2.57. The van der Waals surface area contributed by atoms with Crippen molar-refractivity contribution in [1.82, 2.24) is 5.32 Å². The number of likely N-dealkylation sites (N-methyl/N-ethyl adjacent to an activating group) is 1. The molecule has 0 heterocycles. The molecule has 0 spiro atoms. The second-order valence-corrected chi connectivity index (χ2v) is 6.15. The van der Waals surface area contributed by atoms with Crippen molar-refractivity contribution < 1.29 is 4.74 Å². The Kier molecular flexibility index (Phi) is 6.02. The lowest BCUT2D eigenvalue weighted by molar-refractivity contribution is -0.0116. The number of rotatable bonds is 6. The van der Waals surface area contributed by atoms with Gasteiger partial charge < -0.3 is 10.1 Å². The quantitative estimate of drug-likeness (QED) is 0.839. The van der Waals surface area contributed by atoms with Gasteiger partial charge in [0, 0.05) is 7.11 Å². The lowest BCUT2D eigenvalue weighted by atomic mass is 9.81. The Morgan fingerprint density at radius 2 is 1.68 bits per heavy atom. The van der Waals surface area contributed by atoms with Crippen molar-refractivity contribution in [3.63, 3.8) is 0 Å². The molecular weight excluding hydrogens is 234 g/mol. The Hall–Kier alpha value is -0.860. The first-order valence-corrected chi connectivity index (χ1v) is 7.29. The van der Waals surface area contributed by atoms with E-state index in [1.165, 1.54) is 11.1 Å². The summed E-state index contributed by atoms with van der Waals surface area (Å²) in [5.41, 5.74) is 2.79. The molecule has 108 valence electrons. The maximum atomic E-state index is 5.78. The lowest BCUT2D eigenvalue weighted by Gasteiger charge is -2.36. The van der Waals surface area contributed by atoms with E-state index in [-0.39, 0.29) is 17.6 Å². The van der Waals surface area contributed by atoms with Crippen LogP contribution in [0.25, 0.3) is 0 Å². The Bertz CT molecular complexity index is 364. The highest BCUT2D eigenvalue weighted by atomic mass is 16.5. The fourth-order valence-corrected chi connectivity index (χ4v) is 2.57. The van der Waals surface area contributed by atoms with Gasteiger partial charge in [0.25, 0.3) is 0 Å². The molecule has 1 aromatic carbocycles. The molecule has 0 radical (unpaired) electrons. The van der Waals surface area contributed by atoms with Gasteiger partial charge in [-0.15, -0.1) is 0 Å². The van der Waals surface area contributed by atoms with E-state index in [9.17, 15) is 0 Å². The second kappa shape index (κ2) is 7.06. The van der Waals surface area contributed by atoms with Crippen LogP contribution in [0.4, 0.5) is 0 Å². The van der Waals surface area contributed by atoms with Crippen molar-refractivity contribution in [2.45, 2.75) is 53.2 Å². The molecule has 0 amide bonds. The summed E-state index contributed by atoms with van der Waals surface area (Å²) in [6.45, 7) is 12.0. The van der Waals surface area contributed by atoms with Gasteiger partial charge in [-0.3, -0.25) is 0 Å². The maximum absolute atomic E-state index is 5.78. The monoisotopic (exact) mass is 263 g/mol. The van der Waals surface area contributed by atoms with Crippen molar-refractivity contribution in [3.05, 3.63) is 35.4 Å². The lowest BCUT2D eigenvalue weighted by Crippen LogP contribution is -2.41. The van der Waals surface area contributed by atoms with Gasteiger partial charge in [0.05, 0.1) is 12.1 Å². The number of hydrogen-bond acceptors (Lipinski definition) is 2. The first-order chi connectivity index (χ1) is 8.93. The summed E-state index contributed by atoms with van der Waals surface area (Å²) in [4.78, 5) is 0. The molecule has 1 rings (SSSR count). The summed E-state index contributed by atoms with van der Waals surface area (Å²) in [7, 11) is 1.81. The van der Waals surface area contributed by atoms with Gasteiger partial charge in [-0.2, -0.15) is 0 Å². The standard InChI is InChI=1S/C17H29NO/c1-7-13-9-11-14(12-10-13)15(18-8-2)16(19-6)17(3,4)5/h9-12,15-16,18H,7-8H2,1-6H3. The SMILES string of the molecule is CCNC(c1ccc(CC)cc1)C(OC)C(C)(C)C. The zero-order valence-corrected chi connectivity index (χ0v) is 13.3. The number of hydrogen-bond donors (Lipinski definition) is 1. The zero-order chi connectivity index (χ0) is 14.5. The van der Waals surface area contributed by atoms with Gasteiger partial charge in [0.1, 0.15) is 0 Å². The van der Waals surface area contributed by atoms with Crippen LogP contribution < -0.4 is 5.32 Å². The minimum Gasteiger partial charge on any atom is -0.379 e. The Balaban J connectivity index is 3.03.